The minimum absolute atomic E-state index is 0.0637. The van der Waals surface area contributed by atoms with Crippen molar-refractivity contribution in [2.75, 3.05) is 0 Å². The normalized spacial score (nSPS) is 35.2. The van der Waals surface area contributed by atoms with Gasteiger partial charge in [-0.25, -0.2) is 4.79 Å². The van der Waals surface area contributed by atoms with Gasteiger partial charge in [0.15, 0.2) is 0 Å². The van der Waals surface area contributed by atoms with Crippen molar-refractivity contribution < 1.29 is 9.59 Å². The van der Waals surface area contributed by atoms with Crippen LogP contribution in [0.25, 0.3) is 0 Å². The molecule has 0 bridgehead atoms. The highest BCUT2D eigenvalue weighted by atomic mass is 16.2. The van der Waals surface area contributed by atoms with Crippen LogP contribution in [-0.2, 0) is 4.79 Å². The van der Waals surface area contributed by atoms with Gasteiger partial charge in [0.25, 0.3) is 0 Å². The van der Waals surface area contributed by atoms with E-state index >= 15 is 0 Å². The van der Waals surface area contributed by atoms with E-state index in [-0.39, 0.29) is 29.8 Å². The summed E-state index contributed by atoms with van der Waals surface area (Å²) in [5, 5.41) is 5.34. The summed E-state index contributed by atoms with van der Waals surface area (Å²) in [5.74, 6) is 0.00481. The number of urea groups is 1. The molecule has 68 valence electrons. The van der Waals surface area contributed by atoms with Crippen molar-refractivity contribution in [2.24, 2.45) is 5.92 Å². The lowest BCUT2D eigenvalue weighted by atomic mass is 9.88. The summed E-state index contributed by atoms with van der Waals surface area (Å²) in [6.07, 6.45) is 0. The average Bonchev–Trinajstić information content (AvgIpc) is 1.82. The second-order valence-corrected chi connectivity index (χ2v) is 3.33. The maximum atomic E-state index is 11.1. The molecule has 1 saturated heterocycles. The van der Waals surface area contributed by atoms with Gasteiger partial charge in [-0.1, -0.05) is 0 Å². The van der Waals surface area contributed by atoms with Crippen molar-refractivity contribution >= 4 is 11.8 Å². The lowest BCUT2D eigenvalue weighted by Gasteiger charge is -2.34. The summed E-state index contributed by atoms with van der Waals surface area (Å²) >= 11 is 0. The van der Waals surface area contributed by atoms with Gasteiger partial charge in [0.05, 0.1) is 5.92 Å². The number of carbonyl (C=O) groups excluding carboxylic acids is 2. The SMILES string of the molecule is CC(=O)C1C(C)NC(=O)NC1C. The molecule has 1 rings (SSSR count). The summed E-state index contributed by atoms with van der Waals surface area (Å²) in [6.45, 7) is 5.25. The highest BCUT2D eigenvalue weighted by molar-refractivity contribution is 5.84. The molecule has 12 heavy (non-hydrogen) atoms. The number of amides is 2. The molecule has 0 aromatic carbocycles. The maximum absolute atomic E-state index is 11.1. The molecule has 0 saturated carbocycles. The van der Waals surface area contributed by atoms with Crippen LogP contribution in [0.4, 0.5) is 4.79 Å². The lowest BCUT2D eigenvalue weighted by molar-refractivity contribution is -0.122. The Bertz CT molecular complexity index is 201. The number of hydrogen-bond acceptors (Lipinski definition) is 2. The third kappa shape index (κ3) is 1.57. The van der Waals surface area contributed by atoms with Gasteiger partial charge in [-0.2, -0.15) is 0 Å². The topological polar surface area (TPSA) is 58.2 Å². The fourth-order valence-electron chi connectivity index (χ4n) is 1.77. The van der Waals surface area contributed by atoms with Gasteiger partial charge in [-0.05, 0) is 20.8 Å². The first kappa shape index (κ1) is 9.03. The molecule has 0 aromatic rings. The molecular formula is C8H14N2O2. The molecule has 4 nitrogen and oxygen atoms in total. The summed E-state index contributed by atoms with van der Waals surface area (Å²) in [6, 6.07) is -0.315. The maximum Gasteiger partial charge on any atom is 0.315 e. The van der Waals surface area contributed by atoms with Crippen LogP contribution in [-0.4, -0.2) is 23.9 Å². The van der Waals surface area contributed by atoms with Crippen LogP contribution < -0.4 is 10.6 Å². The standard InChI is InChI=1S/C8H14N2O2/c1-4-7(6(3)11)5(2)10-8(12)9-4/h4-5,7H,1-3H3,(H2,9,10,12). The van der Waals surface area contributed by atoms with E-state index in [4.69, 9.17) is 0 Å². The van der Waals surface area contributed by atoms with Gasteiger partial charge >= 0.3 is 6.03 Å². The van der Waals surface area contributed by atoms with E-state index in [1.807, 2.05) is 13.8 Å². The molecule has 1 aliphatic heterocycles. The highest BCUT2D eigenvalue weighted by Gasteiger charge is 2.33. The van der Waals surface area contributed by atoms with Crippen LogP contribution >= 0.6 is 0 Å². The fourth-order valence-corrected chi connectivity index (χ4v) is 1.77. The van der Waals surface area contributed by atoms with Crippen molar-refractivity contribution in [3.8, 4) is 0 Å². The number of nitrogens with one attached hydrogen (secondary N) is 2. The Morgan fingerprint density at radius 1 is 1.25 bits per heavy atom. The Kier molecular flexibility index (Phi) is 2.35. The summed E-state index contributed by atoms with van der Waals surface area (Å²) < 4.78 is 0. The quantitative estimate of drug-likeness (QED) is 0.594. The molecule has 0 radical (unpaired) electrons. The highest BCUT2D eigenvalue weighted by Crippen LogP contribution is 2.14. The molecule has 2 atom stereocenters. The summed E-state index contributed by atoms with van der Waals surface area (Å²) in [7, 11) is 0. The molecule has 4 heteroatoms. The predicted octanol–water partition coefficient (Wildman–Crippen LogP) is 0.281. The van der Waals surface area contributed by atoms with E-state index in [1.54, 1.807) is 6.92 Å². The minimum Gasteiger partial charge on any atom is -0.335 e. The van der Waals surface area contributed by atoms with Gasteiger partial charge in [-0.15, -0.1) is 0 Å². The van der Waals surface area contributed by atoms with Crippen LogP contribution in [0.15, 0.2) is 0 Å². The van der Waals surface area contributed by atoms with E-state index in [0.29, 0.717) is 0 Å². The van der Waals surface area contributed by atoms with Crippen LogP contribution in [0.3, 0.4) is 0 Å². The van der Waals surface area contributed by atoms with Crippen molar-refractivity contribution in [1.82, 2.24) is 10.6 Å². The zero-order valence-electron chi connectivity index (χ0n) is 7.55. The molecular weight excluding hydrogens is 156 g/mol. The molecule has 2 amide bonds. The number of rotatable bonds is 1. The number of ketones is 1. The Labute approximate surface area is 71.7 Å². The zero-order valence-corrected chi connectivity index (χ0v) is 7.55. The first-order chi connectivity index (χ1) is 5.52. The van der Waals surface area contributed by atoms with Crippen molar-refractivity contribution in [2.45, 2.75) is 32.9 Å². The van der Waals surface area contributed by atoms with Gasteiger partial charge in [0, 0.05) is 12.1 Å². The van der Waals surface area contributed by atoms with Gasteiger partial charge in [0.2, 0.25) is 0 Å². The summed E-state index contributed by atoms with van der Waals surface area (Å²) in [4.78, 5) is 22.1. The molecule has 0 spiro atoms. The predicted molar refractivity (Wildman–Crippen MR) is 44.8 cm³/mol. The summed E-state index contributed by atoms with van der Waals surface area (Å²) in [5.41, 5.74) is 0. The van der Waals surface area contributed by atoms with E-state index in [1.165, 1.54) is 0 Å². The van der Waals surface area contributed by atoms with Crippen molar-refractivity contribution in [3.05, 3.63) is 0 Å². The molecule has 2 unspecified atom stereocenters. The van der Waals surface area contributed by atoms with Gasteiger partial charge in [-0.3, -0.25) is 4.79 Å². The molecule has 0 aliphatic carbocycles. The monoisotopic (exact) mass is 170 g/mol. The second kappa shape index (κ2) is 3.13. The third-order valence-corrected chi connectivity index (χ3v) is 2.26. The van der Waals surface area contributed by atoms with E-state index in [9.17, 15) is 9.59 Å². The first-order valence-corrected chi connectivity index (χ1v) is 4.10. The Morgan fingerprint density at radius 2 is 1.67 bits per heavy atom. The zero-order chi connectivity index (χ0) is 9.30. The molecule has 2 N–H and O–H groups in total. The third-order valence-electron chi connectivity index (χ3n) is 2.26. The molecule has 0 aromatic heterocycles. The van der Waals surface area contributed by atoms with Crippen molar-refractivity contribution in [1.29, 1.82) is 0 Å². The molecule has 1 fully saturated rings. The first-order valence-electron chi connectivity index (χ1n) is 4.10. The van der Waals surface area contributed by atoms with E-state index in [2.05, 4.69) is 10.6 Å². The average molecular weight is 170 g/mol. The van der Waals surface area contributed by atoms with Crippen LogP contribution in [0.5, 0.6) is 0 Å². The fraction of sp³-hybridized carbons (Fsp3) is 0.750. The van der Waals surface area contributed by atoms with E-state index in [0.717, 1.165) is 0 Å². The number of carbonyl (C=O) groups is 2. The van der Waals surface area contributed by atoms with Crippen LogP contribution in [0.1, 0.15) is 20.8 Å². The lowest BCUT2D eigenvalue weighted by Crippen LogP contribution is -2.60. The largest absolute Gasteiger partial charge is 0.335 e. The van der Waals surface area contributed by atoms with Crippen molar-refractivity contribution in [3.63, 3.8) is 0 Å². The smallest absolute Gasteiger partial charge is 0.315 e. The Balaban J connectivity index is 2.73. The molecule has 1 heterocycles. The molecule has 1 aliphatic rings. The Hall–Kier alpha value is -1.06. The van der Waals surface area contributed by atoms with Crippen LogP contribution in [0, 0.1) is 5.92 Å². The Morgan fingerprint density at radius 3 is 2.00 bits per heavy atom. The number of Topliss-reactive ketones (excluding diaryl/α,β-unsaturated/α-hetero) is 1. The second-order valence-electron chi connectivity index (χ2n) is 3.33. The van der Waals surface area contributed by atoms with Gasteiger partial charge in [0.1, 0.15) is 5.78 Å². The number of hydrogen-bond donors (Lipinski definition) is 2. The van der Waals surface area contributed by atoms with Crippen LogP contribution in [0.2, 0.25) is 0 Å². The van der Waals surface area contributed by atoms with Gasteiger partial charge < -0.3 is 10.6 Å². The van der Waals surface area contributed by atoms with E-state index < -0.39 is 0 Å². The minimum atomic E-state index is -0.187.